The van der Waals surface area contributed by atoms with Crippen LogP contribution in [0, 0.1) is 0 Å². The molecule has 1 aromatic carbocycles. The molecule has 2 heterocycles. The van der Waals surface area contributed by atoms with Crippen LogP contribution in [0.25, 0.3) is 0 Å². The molecule has 144 valence electrons. The molecule has 1 aromatic heterocycles. The Morgan fingerprint density at radius 3 is 2.63 bits per heavy atom. The summed E-state index contributed by atoms with van der Waals surface area (Å²) in [5.41, 5.74) is -0.216. The number of aromatic nitrogens is 2. The van der Waals surface area contributed by atoms with Crippen molar-refractivity contribution in [3.05, 3.63) is 53.3 Å². The lowest BCUT2D eigenvalue weighted by Gasteiger charge is -2.17. The molecule has 0 saturated carbocycles. The van der Waals surface area contributed by atoms with Gasteiger partial charge in [-0.3, -0.25) is 14.3 Å². The highest BCUT2D eigenvalue weighted by Gasteiger charge is 2.36. The molecule has 1 aliphatic heterocycles. The van der Waals surface area contributed by atoms with Crippen molar-refractivity contribution in [1.82, 2.24) is 20.0 Å². The highest BCUT2D eigenvalue weighted by atomic mass is 19.4. The summed E-state index contributed by atoms with van der Waals surface area (Å²) in [6, 6.07) is 9.98. The van der Waals surface area contributed by atoms with Crippen LogP contribution in [0.5, 0.6) is 0 Å². The second-order valence-electron chi connectivity index (χ2n) is 6.49. The first-order valence-electron chi connectivity index (χ1n) is 8.48. The molecule has 0 bridgehead atoms. The third-order valence-electron chi connectivity index (χ3n) is 4.47. The predicted octanol–water partition coefficient (Wildman–Crippen LogP) is 2.01. The maximum atomic E-state index is 12.7. The lowest BCUT2D eigenvalue weighted by Crippen LogP contribution is -2.38. The van der Waals surface area contributed by atoms with Crippen molar-refractivity contribution in [3.63, 3.8) is 0 Å². The number of hydrogen-bond donors (Lipinski definition) is 1. The summed E-state index contributed by atoms with van der Waals surface area (Å²) in [5.74, 6) is -0.763. The number of carbonyl (C=O) groups excluding carboxylic acids is 2. The first-order chi connectivity index (χ1) is 12.7. The number of alkyl halides is 3. The Bertz CT molecular complexity index is 833. The van der Waals surface area contributed by atoms with Gasteiger partial charge in [0.15, 0.2) is 5.69 Å². The van der Waals surface area contributed by atoms with Crippen molar-refractivity contribution in [2.75, 3.05) is 13.1 Å². The third-order valence-corrected chi connectivity index (χ3v) is 4.47. The van der Waals surface area contributed by atoms with Crippen molar-refractivity contribution in [2.24, 2.45) is 7.05 Å². The van der Waals surface area contributed by atoms with E-state index < -0.39 is 23.8 Å². The lowest BCUT2D eigenvalue weighted by atomic mass is 10.1. The molecule has 6 nitrogen and oxygen atoms in total. The molecule has 3 rings (SSSR count). The van der Waals surface area contributed by atoms with Crippen LogP contribution >= 0.6 is 0 Å². The molecule has 0 spiro atoms. The zero-order chi connectivity index (χ0) is 19.6. The van der Waals surface area contributed by atoms with E-state index in [2.05, 4.69) is 10.4 Å². The molecule has 1 atom stereocenters. The van der Waals surface area contributed by atoms with Crippen LogP contribution in [0.4, 0.5) is 13.2 Å². The first-order valence-corrected chi connectivity index (χ1v) is 8.48. The minimum atomic E-state index is -4.62. The number of amides is 2. The van der Waals surface area contributed by atoms with Gasteiger partial charge in [-0.1, -0.05) is 30.3 Å². The van der Waals surface area contributed by atoms with Crippen molar-refractivity contribution in [2.45, 2.75) is 25.1 Å². The Morgan fingerprint density at radius 1 is 1.30 bits per heavy atom. The Morgan fingerprint density at radius 2 is 2.00 bits per heavy atom. The van der Waals surface area contributed by atoms with Gasteiger partial charge in [0, 0.05) is 32.6 Å². The number of nitrogens with zero attached hydrogens (tertiary/aromatic N) is 3. The van der Waals surface area contributed by atoms with Gasteiger partial charge in [-0.15, -0.1) is 0 Å². The van der Waals surface area contributed by atoms with E-state index >= 15 is 0 Å². The molecular formula is C18H19F3N4O2. The molecule has 1 N–H and O–H groups in total. The summed E-state index contributed by atoms with van der Waals surface area (Å²) in [5, 5.41) is 5.95. The number of hydrogen-bond acceptors (Lipinski definition) is 3. The van der Waals surface area contributed by atoms with Gasteiger partial charge < -0.3 is 10.2 Å². The third kappa shape index (κ3) is 4.47. The second kappa shape index (κ2) is 7.42. The average molecular weight is 380 g/mol. The van der Waals surface area contributed by atoms with Crippen LogP contribution in [-0.4, -0.2) is 45.6 Å². The normalized spacial score (nSPS) is 17.4. The summed E-state index contributed by atoms with van der Waals surface area (Å²) in [6.45, 7) is 0.862. The van der Waals surface area contributed by atoms with Gasteiger partial charge in [0.1, 0.15) is 5.69 Å². The molecule has 0 radical (unpaired) electrons. The fourth-order valence-corrected chi connectivity index (χ4v) is 3.07. The molecule has 0 unspecified atom stereocenters. The lowest BCUT2D eigenvalue weighted by molar-refractivity contribution is -0.141. The standard InChI is InChI=1S/C18H19F3N4O2/c1-24-14(10-15(23-24)18(19,20)21)17(27)22-13-9-16(26)25(11-13)8-7-12-5-3-2-4-6-12/h2-6,10,13H,7-9,11H2,1H3,(H,22,27)/t13-/m1/s1. The number of benzene rings is 1. The summed E-state index contributed by atoms with van der Waals surface area (Å²) >= 11 is 0. The summed E-state index contributed by atoms with van der Waals surface area (Å²) in [6.07, 6.45) is -3.79. The maximum absolute atomic E-state index is 12.7. The Kier molecular flexibility index (Phi) is 5.20. The van der Waals surface area contributed by atoms with Crippen LogP contribution in [0.1, 0.15) is 28.2 Å². The van der Waals surface area contributed by atoms with Gasteiger partial charge in [0.2, 0.25) is 5.91 Å². The predicted molar refractivity (Wildman–Crippen MR) is 90.8 cm³/mol. The zero-order valence-electron chi connectivity index (χ0n) is 14.7. The van der Waals surface area contributed by atoms with E-state index in [0.29, 0.717) is 25.6 Å². The van der Waals surface area contributed by atoms with Crippen molar-refractivity contribution in [3.8, 4) is 0 Å². The first kappa shape index (κ1) is 18.9. The minimum Gasteiger partial charge on any atom is -0.346 e. The SMILES string of the molecule is Cn1nc(C(F)(F)F)cc1C(=O)N[C@@H]1CC(=O)N(CCc2ccccc2)C1. The number of carbonyl (C=O) groups is 2. The number of likely N-dealkylation sites (tertiary alicyclic amines) is 1. The fraction of sp³-hybridized carbons (Fsp3) is 0.389. The van der Waals surface area contributed by atoms with Crippen molar-refractivity contribution < 1.29 is 22.8 Å². The topological polar surface area (TPSA) is 67.2 Å². The largest absolute Gasteiger partial charge is 0.435 e. The van der Waals surface area contributed by atoms with Gasteiger partial charge in [-0.05, 0) is 12.0 Å². The van der Waals surface area contributed by atoms with Gasteiger partial charge in [-0.25, -0.2) is 0 Å². The van der Waals surface area contributed by atoms with Crippen molar-refractivity contribution >= 4 is 11.8 Å². The molecular weight excluding hydrogens is 361 g/mol. The van der Waals surface area contributed by atoms with Crippen LogP contribution < -0.4 is 5.32 Å². The summed E-state index contributed by atoms with van der Waals surface area (Å²) in [7, 11) is 1.27. The highest BCUT2D eigenvalue weighted by Crippen LogP contribution is 2.28. The highest BCUT2D eigenvalue weighted by molar-refractivity contribution is 5.93. The van der Waals surface area contributed by atoms with Gasteiger partial charge >= 0.3 is 6.18 Å². The molecule has 0 aliphatic carbocycles. The van der Waals surface area contributed by atoms with Crippen molar-refractivity contribution in [1.29, 1.82) is 0 Å². The van der Waals surface area contributed by atoms with E-state index in [1.54, 1.807) is 4.90 Å². The number of nitrogens with one attached hydrogen (secondary N) is 1. The molecule has 2 amide bonds. The summed E-state index contributed by atoms with van der Waals surface area (Å²) in [4.78, 5) is 26.1. The quantitative estimate of drug-likeness (QED) is 0.863. The molecule has 9 heteroatoms. The molecule has 27 heavy (non-hydrogen) atoms. The fourth-order valence-electron chi connectivity index (χ4n) is 3.07. The van der Waals surface area contributed by atoms with E-state index in [0.717, 1.165) is 10.2 Å². The average Bonchev–Trinajstić information content (AvgIpc) is 3.16. The van der Waals surface area contributed by atoms with E-state index in [1.807, 2.05) is 30.3 Å². The molecule has 2 aromatic rings. The molecule has 1 saturated heterocycles. The van der Waals surface area contributed by atoms with Crippen LogP contribution in [0.2, 0.25) is 0 Å². The van der Waals surface area contributed by atoms with Gasteiger partial charge in [0.25, 0.3) is 5.91 Å². The van der Waals surface area contributed by atoms with E-state index in [-0.39, 0.29) is 18.0 Å². The zero-order valence-corrected chi connectivity index (χ0v) is 14.7. The van der Waals surface area contributed by atoms with Crippen LogP contribution in [-0.2, 0) is 24.4 Å². The van der Waals surface area contributed by atoms with Crippen LogP contribution in [0.15, 0.2) is 36.4 Å². The Balaban J connectivity index is 1.58. The van der Waals surface area contributed by atoms with E-state index in [4.69, 9.17) is 0 Å². The number of halogens is 3. The Labute approximate surface area is 154 Å². The second-order valence-corrected chi connectivity index (χ2v) is 6.49. The van der Waals surface area contributed by atoms with Gasteiger partial charge in [-0.2, -0.15) is 18.3 Å². The van der Waals surface area contributed by atoms with E-state index in [9.17, 15) is 22.8 Å². The maximum Gasteiger partial charge on any atom is 0.435 e. The number of rotatable bonds is 5. The van der Waals surface area contributed by atoms with E-state index in [1.165, 1.54) is 7.05 Å². The molecule has 1 fully saturated rings. The Hall–Kier alpha value is -2.84. The number of aryl methyl sites for hydroxylation is 1. The van der Waals surface area contributed by atoms with Crippen LogP contribution in [0.3, 0.4) is 0 Å². The smallest absolute Gasteiger partial charge is 0.346 e. The van der Waals surface area contributed by atoms with Gasteiger partial charge in [0.05, 0.1) is 6.04 Å². The molecule has 1 aliphatic rings. The minimum absolute atomic E-state index is 0.0859. The monoisotopic (exact) mass is 380 g/mol. The summed E-state index contributed by atoms with van der Waals surface area (Å²) < 4.78 is 39.0.